The number of aromatic nitrogens is 4. The van der Waals surface area contributed by atoms with Crippen LogP contribution in [0.3, 0.4) is 0 Å². The molecule has 0 fully saturated rings. The molecule has 0 N–H and O–H groups in total. The standard InChI is InChI=1S/C42H26N4/c1-3-14-27(15-4-1)35-26-36(44-40(43-35)28-16-5-2-6-17-28)30-19-13-22-33-39(30)29-18-7-8-20-31(29)42(33)32-21-9-11-24-37(32)46-38-25-12-10-23-34(38)45-41(42)46/h1-26H. The minimum absolute atomic E-state index is 0.560. The van der Waals surface area contributed by atoms with Gasteiger partial charge in [-0.3, -0.25) is 4.57 Å². The lowest BCUT2D eigenvalue weighted by Gasteiger charge is -2.27. The van der Waals surface area contributed by atoms with E-state index in [9.17, 15) is 0 Å². The lowest BCUT2D eigenvalue weighted by molar-refractivity contribution is 0.738. The van der Waals surface area contributed by atoms with Gasteiger partial charge in [0.25, 0.3) is 0 Å². The second-order valence-electron chi connectivity index (χ2n) is 12.0. The van der Waals surface area contributed by atoms with Crippen molar-refractivity contribution in [1.82, 2.24) is 19.5 Å². The molecule has 1 aliphatic heterocycles. The van der Waals surface area contributed by atoms with E-state index in [0.717, 1.165) is 44.9 Å². The van der Waals surface area contributed by atoms with E-state index in [-0.39, 0.29) is 0 Å². The maximum absolute atomic E-state index is 5.39. The van der Waals surface area contributed by atoms with E-state index in [1.54, 1.807) is 0 Å². The van der Waals surface area contributed by atoms with Crippen LogP contribution in [0.1, 0.15) is 22.5 Å². The van der Waals surface area contributed by atoms with Crippen molar-refractivity contribution in [2.75, 3.05) is 0 Å². The Bertz CT molecular complexity index is 2420. The van der Waals surface area contributed by atoms with Crippen LogP contribution in [0.5, 0.6) is 0 Å². The smallest absolute Gasteiger partial charge is 0.160 e. The van der Waals surface area contributed by atoms with Gasteiger partial charge >= 0.3 is 0 Å². The van der Waals surface area contributed by atoms with Gasteiger partial charge in [-0.1, -0.05) is 133 Å². The summed E-state index contributed by atoms with van der Waals surface area (Å²) in [4.78, 5) is 15.7. The highest BCUT2D eigenvalue weighted by atomic mass is 15.1. The van der Waals surface area contributed by atoms with E-state index >= 15 is 0 Å². The highest BCUT2D eigenvalue weighted by molar-refractivity contribution is 5.97. The first-order valence-corrected chi connectivity index (χ1v) is 15.6. The maximum Gasteiger partial charge on any atom is 0.160 e. The number of para-hydroxylation sites is 3. The third kappa shape index (κ3) is 3.30. The van der Waals surface area contributed by atoms with Gasteiger partial charge in [-0.25, -0.2) is 15.0 Å². The molecule has 0 bridgehead atoms. The molecule has 1 atom stereocenters. The van der Waals surface area contributed by atoms with Gasteiger partial charge in [0.05, 0.1) is 28.1 Å². The molecular formula is C42H26N4. The molecule has 3 heterocycles. The Labute approximate surface area is 266 Å². The number of imidazole rings is 1. The Hall–Kier alpha value is -6.13. The second-order valence-corrected chi connectivity index (χ2v) is 12.0. The van der Waals surface area contributed by atoms with Crippen molar-refractivity contribution in [3.63, 3.8) is 0 Å². The van der Waals surface area contributed by atoms with Crippen molar-refractivity contribution in [3.05, 3.63) is 180 Å². The molecule has 4 nitrogen and oxygen atoms in total. The average molecular weight is 587 g/mol. The molecule has 2 aromatic heterocycles. The highest BCUT2D eigenvalue weighted by Crippen LogP contribution is 2.61. The minimum atomic E-state index is -0.560. The van der Waals surface area contributed by atoms with Crippen LogP contribution >= 0.6 is 0 Å². The Morgan fingerprint density at radius 1 is 0.457 bits per heavy atom. The molecule has 0 saturated heterocycles. The molecule has 4 heteroatoms. The summed E-state index contributed by atoms with van der Waals surface area (Å²) in [6, 6.07) is 55.6. The summed E-state index contributed by atoms with van der Waals surface area (Å²) in [6.45, 7) is 0. The van der Waals surface area contributed by atoms with Gasteiger partial charge in [0.15, 0.2) is 5.82 Å². The summed E-state index contributed by atoms with van der Waals surface area (Å²) in [6.07, 6.45) is 0. The summed E-state index contributed by atoms with van der Waals surface area (Å²) in [5, 5.41) is 0. The van der Waals surface area contributed by atoms with Crippen LogP contribution in [-0.4, -0.2) is 19.5 Å². The molecule has 8 aromatic rings. The summed E-state index contributed by atoms with van der Waals surface area (Å²) in [5.74, 6) is 1.75. The maximum atomic E-state index is 5.39. The zero-order valence-electron chi connectivity index (χ0n) is 24.8. The highest BCUT2D eigenvalue weighted by Gasteiger charge is 2.54. The Morgan fingerprint density at radius 3 is 1.93 bits per heavy atom. The third-order valence-corrected chi connectivity index (χ3v) is 9.62. The predicted octanol–water partition coefficient (Wildman–Crippen LogP) is 9.49. The van der Waals surface area contributed by atoms with Crippen LogP contribution in [0.4, 0.5) is 0 Å². The quantitative estimate of drug-likeness (QED) is 0.207. The zero-order chi connectivity index (χ0) is 30.2. The van der Waals surface area contributed by atoms with Crippen LogP contribution in [0.25, 0.3) is 61.8 Å². The fourth-order valence-electron chi connectivity index (χ4n) is 7.76. The van der Waals surface area contributed by atoms with E-state index in [2.05, 4.69) is 138 Å². The molecule has 1 aliphatic carbocycles. The van der Waals surface area contributed by atoms with Crippen molar-refractivity contribution in [2.45, 2.75) is 5.41 Å². The molecule has 46 heavy (non-hydrogen) atoms. The van der Waals surface area contributed by atoms with Crippen molar-refractivity contribution in [2.24, 2.45) is 0 Å². The van der Waals surface area contributed by atoms with Crippen LogP contribution in [-0.2, 0) is 5.41 Å². The molecule has 1 unspecified atom stereocenters. The SMILES string of the molecule is c1ccc(-c2cc(-c3cccc4c3-c3ccccc3C43c4ccccc4-n4c3nc3ccccc34)nc(-c3ccccc3)n2)cc1. The van der Waals surface area contributed by atoms with E-state index in [0.29, 0.717) is 5.82 Å². The Balaban J connectivity index is 1.30. The van der Waals surface area contributed by atoms with E-state index in [1.807, 2.05) is 24.3 Å². The van der Waals surface area contributed by atoms with Crippen LogP contribution < -0.4 is 0 Å². The first-order chi connectivity index (χ1) is 22.8. The molecule has 1 spiro atoms. The van der Waals surface area contributed by atoms with E-state index < -0.39 is 5.41 Å². The van der Waals surface area contributed by atoms with Gasteiger partial charge in [0.1, 0.15) is 11.2 Å². The first-order valence-electron chi connectivity index (χ1n) is 15.6. The Morgan fingerprint density at radius 2 is 1.09 bits per heavy atom. The fourth-order valence-corrected chi connectivity index (χ4v) is 7.76. The number of nitrogens with zero attached hydrogens (tertiary/aromatic N) is 4. The lowest BCUT2D eigenvalue weighted by Crippen LogP contribution is -2.27. The molecule has 0 amide bonds. The summed E-state index contributed by atoms with van der Waals surface area (Å²) < 4.78 is 2.37. The average Bonchev–Trinajstić information content (AvgIpc) is 3.76. The summed E-state index contributed by atoms with van der Waals surface area (Å²) in [5.41, 5.74) is 13.8. The molecule has 0 saturated carbocycles. The van der Waals surface area contributed by atoms with Gasteiger partial charge in [-0.15, -0.1) is 0 Å². The molecule has 10 rings (SSSR count). The minimum Gasteiger partial charge on any atom is -0.295 e. The number of benzene rings is 6. The molecule has 214 valence electrons. The third-order valence-electron chi connectivity index (χ3n) is 9.62. The summed E-state index contributed by atoms with van der Waals surface area (Å²) in [7, 11) is 0. The fraction of sp³-hybridized carbons (Fsp3) is 0.0238. The topological polar surface area (TPSA) is 43.6 Å². The van der Waals surface area contributed by atoms with E-state index in [4.69, 9.17) is 15.0 Å². The van der Waals surface area contributed by atoms with Crippen LogP contribution in [0, 0.1) is 0 Å². The van der Waals surface area contributed by atoms with Crippen molar-refractivity contribution < 1.29 is 0 Å². The van der Waals surface area contributed by atoms with E-state index in [1.165, 1.54) is 33.5 Å². The van der Waals surface area contributed by atoms with Gasteiger partial charge in [-0.2, -0.15) is 0 Å². The van der Waals surface area contributed by atoms with Crippen LogP contribution in [0.15, 0.2) is 158 Å². The van der Waals surface area contributed by atoms with Gasteiger partial charge in [0, 0.05) is 16.7 Å². The lowest BCUT2D eigenvalue weighted by atomic mass is 9.73. The van der Waals surface area contributed by atoms with Crippen molar-refractivity contribution in [1.29, 1.82) is 0 Å². The normalized spacial score (nSPS) is 15.5. The number of rotatable bonds is 3. The number of fused-ring (bicyclic) bond motifs is 12. The molecular weight excluding hydrogens is 560 g/mol. The monoisotopic (exact) mass is 586 g/mol. The van der Waals surface area contributed by atoms with Gasteiger partial charge in [-0.05, 0) is 52.1 Å². The number of hydrogen-bond donors (Lipinski definition) is 0. The van der Waals surface area contributed by atoms with Crippen molar-refractivity contribution in [3.8, 4) is 50.7 Å². The largest absolute Gasteiger partial charge is 0.295 e. The molecule has 0 radical (unpaired) electrons. The van der Waals surface area contributed by atoms with Crippen LogP contribution in [0.2, 0.25) is 0 Å². The number of hydrogen-bond acceptors (Lipinski definition) is 3. The molecule has 6 aromatic carbocycles. The zero-order valence-corrected chi connectivity index (χ0v) is 24.8. The van der Waals surface area contributed by atoms with Gasteiger partial charge in [0.2, 0.25) is 0 Å². The first kappa shape index (κ1) is 25.2. The second kappa shape index (κ2) is 9.43. The predicted molar refractivity (Wildman–Crippen MR) is 184 cm³/mol. The van der Waals surface area contributed by atoms with Crippen molar-refractivity contribution >= 4 is 11.0 Å². The molecule has 2 aliphatic rings. The Kier molecular flexibility index (Phi) is 5.17. The summed E-state index contributed by atoms with van der Waals surface area (Å²) >= 11 is 0. The van der Waals surface area contributed by atoms with Gasteiger partial charge < -0.3 is 0 Å².